The number of carbonyl (C=O) groups is 1. The maximum absolute atomic E-state index is 12.2. The van der Waals surface area contributed by atoms with Crippen LogP contribution in [0.1, 0.15) is 39.0 Å². The lowest BCUT2D eigenvalue weighted by molar-refractivity contribution is -0.126. The van der Waals surface area contributed by atoms with Gasteiger partial charge in [-0.15, -0.1) is 11.8 Å². The first-order chi connectivity index (χ1) is 12.5. The van der Waals surface area contributed by atoms with Gasteiger partial charge in [-0.2, -0.15) is 0 Å². The molecule has 1 aliphatic carbocycles. The van der Waals surface area contributed by atoms with Crippen LogP contribution in [0.3, 0.4) is 0 Å². The number of piperidine rings is 1. The third kappa shape index (κ3) is 5.10. The van der Waals surface area contributed by atoms with Gasteiger partial charge in [-0.3, -0.25) is 9.69 Å². The van der Waals surface area contributed by atoms with E-state index in [1.54, 1.807) is 18.7 Å². The molecule has 2 aliphatic rings. The molecule has 5 atom stereocenters. The van der Waals surface area contributed by atoms with Crippen molar-refractivity contribution in [1.29, 1.82) is 0 Å². The Morgan fingerprint density at radius 1 is 1.27 bits per heavy atom. The average molecular weight is 377 g/mol. The first kappa shape index (κ1) is 19.9. The fraction of sp³-hybridized carbons (Fsp3) is 0.667. The van der Waals surface area contributed by atoms with Gasteiger partial charge in [0.25, 0.3) is 0 Å². The van der Waals surface area contributed by atoms with Gasteiger partial charge >= 0.3 is 0 Å². The third-order valence-corrected chi connectivity index (χ3v) is 7.23. The van der Waals surface area contributed by atoms with Crippen LogP contribution in [-0.4, -0.2) is 52.8 Å². The first-order valence-corrected chi connectivity index (χ1v) is 10.9. The molecule has 0 bridgehead atoms. The van der Waals surface area contributed by atoms with Crippen molar-refractivity contribution < 1.29 is 9.90 Å². The molecule has 2 fully saturated rings. The summed E-state index contributed by atoms with van der Waals surface area (Å²) in [7, 11) is 0. The second-order valence-electron chi connectivity index (χ2n) is 7.98. The van der Waals surface area contributed by atoms with Crippen LogP contribution in [0.5, 0.6) is 0 Å². The highest BCUT2D eigenvalue weighted by atomic mass is 32.2. The zero-order valence-electron chi connectivity index (χ0n) is 15.7. The summed E-state index contributed by atoms with van der Waals surface area (Å²) in [5.41, 5.74) is 6.25. The van der Waals surface area contributed by atoms with Gasteiger partial charge in [0.1, 0.15) is 5.78 Å². The molecule has 0 aromatic heterocycles. The molecule has 4 nitrogen and oxygen atoms in total. The number of hydrogen-bond donors (Lipinski definition) is 2. The number of fused-ring (bicyclic) bond motifs is 1. The Bertz CT molecular complexity index is 583. The van der Waals surface area contributed by atoms with E-state index in [0.717, 1.165) is 13.0 Å². The Morgan fingerprint density at radius 2 is 1.96 bits per heavy atom. The van der Waals surface area contributed by atoms with Crippen LogP contribution in [0.15, 0.2) is 35.2 Å². The number of likely N-dealkylation sites (tertiary alicyclic amines) is 1. The van der Waals surface area contributed by atoms with Gasteiger partial charge in [-0.25, -0.2) is 0 Å². The van der Waals surface area contributed by atoms with Crippen LogP contribution in [0.4, 0.5) is 0 Å². The molecular weight excluding hydrogens is 344 g/mol. The summed E-state index contributed by atoms with van der Waals surface area (Å²) in [5.74, 6) is 2.28. The zero-order valence-corrected chi connectivity index (χ0v) is 16.5. The van der Waals surface area contributed by atoms with E-state index in [1.807, 2.05) is 18.2 Å². The van der Waals surface area contributed by atoms with E-state index in [2.05, 4.69) is 17.0 Å². The normalized spacial score (nSPS) is 29.0. The van der Waals surface area contributed by atoms with Gasteiger partial charge in [0, 0.05) is 29.8 Å². The van der Waals surface area contributed by atoms with E-state index in [1.165, 1.54) is 30.6 Å². The van der Waals surface area contributed by atoms with E-state index >= 15 is 0 Å². The molecule has 1 heterocycles. The monoisotopic (exact) mass is 376 g/mol. The Balaban J connectivity index is 1.55. The minimum Gasteiger partial charge on any atom is -0.390 e. The Kier molecular flexibility index (Phi) is 7.15. The largest absolute Gasteiger partial charge is 0.390 e. The van der Waals surface area contributed by atoms with E-state index in [9.17, 15) is 9.90 Å². The lowest BCUT2D eigenvalue weighted by atomic mass is 9.72. The predicted molar refractivity (Wildman–Crippen MR) is 107 cm³/mol. The van der Waals surface area contributed by atoms with Gasteiger partial charge in [-0.05, 0) is 43.7 Å². The molecule has 1 saturated carbocycles. The molecule has 3 rings (SSSR count). The fourth-order valence-electron chi connectivity index (χ4n) is 4.52. The number of Topliss-reactive ketones (excluding diaryl/α,β-unsaturated/α-hetero) is 1. The van der Waals surface area contributed by atoms with Crippen molar-refractivity contribution in [1.82, 2.24) is 4.90 Å². The lowest BCUT2D eigenvalue weighted by Crippen LogP contribution is -2.55. The van der Waals surface area contributed by atoms with E-state index < -0.39 is 6.10 Å². The van der Waals surface area contributed by atoms with Gasteiger partial charge in [0.15, 0.2) is 0 Å². The predicted octanol–water partition coefficient (Wildman–Crippen LogP) is 2.94. The number of aliphatic hydroxyl groups is 1. The quantitative estimate of drug-likeness (QED) is 0.716. The van der Waals surface area contributed by atoms with E-state index in [0.29, 0.717) is 24.1 Å². The maximum Gasteiger partial charge on any atom is 0.146 e. The number of carbonyl (C=O) groups excluding carboxylic acids is 1. The summed E-state index contributed by atoms with van der Waals surface area (Å²) < 4.78 is 0. The van der Waals surface area contributed by atoms with Crippen LogP contribution in [0.2, 0.25) is 0 Å². The van der Waals surface area contributed by atoms with Gasteiger partial charge in [0.05, 0.1) is 12.1 Å². The van der Waals surface area contributed by atoms with Crippen LogP contribution < -0.4 is 5.73 Å². The second kappa shape index (κ2) is 9.36. The highest BCUT2D eigenvalue weighted by molar-refractivity contribution is 7.99. The molecule has 1 aliphatic heterocycles. The number of nitrogens with two attached hydrogens (primary N) is 1. The number of aliphatic hydroxyl groups excluding tert-OH is 1. The molecule has 0 unspecified atom stereocenters. The number of nitrogens with zero attached hydrogens (tertiary/aromatic N) is 1. The van der Waals surface area contributed by atoms with E-state index in [4.69, 9.17) is 5.73 Å². The fourth-order valence-corrected chi connectivity index (χ4v) is 5.48. The van der Waals surface area contributed by atoms with Crippen molar-refractivity contribution in [2.45, 2.75) is 62.1 Å². The number of β-amino-alcohol motifs (C(OH)–C–C–N with tert-alkyl or cyclic N) is 1. The Hall–Kier alpha value is -0.880. The highest BCUT2D eigenvalue weighted by Crippen LogP contribution is 2.38. The standard InChI is InChI=1S/C21H32N2O2S/c1-15(24)20-11-16-7-5-6-8-17(16)12-23(20)13-21(25)19(22)14-26-18-9-3-2-4-10-18/h2-4,9-10,16-17,19-21,25H,5-8,11-14,22H2,1H3/t16-,17+,19-,20-,21+/m0/s1. The summed E-state index contributed by atoms with van der Waals surface area (Å²) in [5, 5.41) is 10.7. The molecule has 1 aromatic carbocycles. The first-order valence-electron chi connectivity index (χ1n) is 9.90. The SMILES string of the molecule is CC(=O)[C@@H]1C[C@@H]2CCCC[C@@H]2CN1C[C@@H](O)[C@@H](N)CSc1ccccc1. The third-order valence-electron chi connectivity index (χ3n) is 6.07. The highest BCUT2D eigenvalue weighted by Gasteiger charge is 2.39. The molecule has 1 aromatic rings. The minimum absolute atomic E-state index is 0.0435. The van der Waals surface area contributed by atoms with Gasteiger partial charge < -0.3 is 10.8 Å². The summed E-state index contributed by atoms with van der Waals surface area (Å²) in [6.45, 7) is 3.13. The molecular formula is C21H32N2O2S. The van der Waals surface area contributed by atoms with Crippen LogP contribution >= 0.6 is 11.8 Å². The molecule has 144 valence electrons. The molecule has 1 saturated heterocycles. The topological polar surface area (TPSA) is 66.6 Å². The van der Waals surface area contributed by atoms with Crippen LogP contribution in [0.25, 0.3) is 0 Å². The molecule has 0 spiro atoms. The summed E-state index contributed by atoms with van der Waals surface area (Å²) in [4.78, 5) is 15.6. The Labute approximate surface area is 161 Å². The minimum atomic E-state index is -0.604. The van der Waals surface area contributed by atoms with Gasteiger partial charge in [0.2, 0.25) is 0 Å². The van der Waals surface area contributed by atoms with Crippen molar-refractivity contribution in [3.05, 3.63) is 30.3 Å². The molecule has 0 radical (unpaired) electrons. The van der Waals surface area contributed by atoms with Crippen molar-refractivity contribution in [3.8, 4) is 0 Å². The number of rotatable bonds is 7. The number of thioether (sulfide) groups is 1. The maximum atomic E-state index is 12.2. The van der Waals surface area contributed by atoms with Crippen molar-refractivity contribution in [2.24, 2.45) is 17.6 Å². The summed E-state index contributed by atoms with van der Waals surface area (Å²) in [6, 6.07) is 9.80. The average Bonchev–Trinajstić information content (AvgIpc) is 2.66. The lowest BCUT2D eigenvalue weighted by Gasteiger charge is -2.46. The number of ketones is 1. The van der Waals surface area contributed by atoms with Crippen molar-refractivity contribution in [2.75, 3.05) is 18.8 Å². The Morgan fingerprint density at radius 3 is 2.65 bits per heavy atom. The molecule has 0 amide bonds. The zero-order chi connectivity index (χ0) is 18.5. The van der Waals surface area contributed by atoms with Crippen molar-refractivity contribution >= 4 is 17.5 Å². The van der Waals surface area contributed by atoms with E-state index in [-0.39, 0.29) is 17.9 Å². The smallest absolute Gasteiger partial charge is 0.146 e. The van der Waals surface area contributed by atoms with Crippen molar-refractivity contribution in [3.63, 3.8) is 0 Å². The number of benzene rings is 1. The van der Waals surface area contributed by atoms with Gasteiger partial charge in [-0.1, -0.05) is 37.5 Å². The summed E-state index contributed by atoms with van der Waals surface area (Å²) in [6.07, 6.45) is 5.48. The molecule has 26 heavy (non-hydrogen) atoms. The van der Waals surface area contributed by atoms with Crippen LogP contribution in [-0.2, 0) is 4.79 Å². The molecule has 5 heteroatoms. The second-order valence-corrected chi connectivity index (χ2v) is 9.07. The molecule has 3 N–H and O–H groups in total. The van der Waals surface area contributed by atoms with Crippen LogP contribution in [0, 0.1) is 11.8 Å². The summed E-state index contributed by atoms with van der Waals surface area (Å²) >= 11 is 1.67. The number of hydrogen-bond acceptors (Lipinski definition) is 5.